The minimum atomic E-state index is -4.18. The Balaban J connectivity index is 2.08. The number of nitrogens with one attached hydrogen (secondary N) is 1. The zero-order valence-corrected chi connectivity index (χ0v) is 15.9. The minimum absolute atomic E-state index is 0.0853. The van der Waals surface area contributed by atoms with Crippen LogP contribution in [-0.4, -0.2) is 22.6 Å². The van der Waals surface area contributed by atoms with Gasteiger partial charge in [-0.05, 0) is 23.8 Å². The van der Waals surface area contributed by atoms with Crippen molar-refractivity contribution in [3.8, 4) is 22.6 Å². The molecular formula is C20H17F2NO4S. The molecule has 3 rings (SSSR count). The fourth-order valence-electron chi connectivity index (χ4n) is 2.70. The maximum atomic E-state index is 14.5. The molecule has 0 fully saturated rings. The molecule has 28 heavy (non-hydrogen) atoms. The van der Waals surface area contributed by atoms with Crippen LogP contribution >= 0.6 is 0 Å². The molecule has 146 valence electrons. The Morgan fingerprint density at radius 1 is 0.857 bits per heavy atom. The normalized spacial score (nSPS) is 11.1. The molecule has 0 spiro atoms. The molecule has 0 bridgehead atoms. The van der Waals surface area contributed by atoms with Crippen LogP contribution in [0.2, 0.25) is 0 Å². The van der Waals surface area contributed by atoms with Gasteiger partial charge in [-0.25, -0.2) is 17.2 Å². The predicted octanol–water partition coefficient (Wildman–Crippen LogP) is 4.45. The lowest BCUT2D eigenvalue weighted by Gasteiger charge is -2.15. The highest BCUT2D eigenvalue weighted by Crippen LogP contribution is 2.34. The van der Waals surface area contributed by atoms with Gasteiger partial charge in [0.25, 0.3) is 10.0 Å². The summed E-state index contributed by atoms with van der Waals surface area (Å²) in [5, 5.41) is 0. The van der Waals surface area contributed by atoms with E-state index in [9.17, 15) is 17.2 Å². The van der Waals surface area contributed by atoms with E-state index in [0.717, 1.165) is 6.07 Å². The molecule has 0 aromatic heterocycles. The number of sulfonamides is 1. The lowest BCUT2D eigenvalue weighted by atomic mass is 10.0. The van der Waals surface area contributed by atoms with Gasteiger partial charge in [-0.15, -0.1) is 0 Å². The minimum Gasteiger partial charge on any atom is -0.493 e. The lowest BCUT2D eigenvalue weighted by Crippen LogP contribution is -2.15. The Kier molecular flexibility index (Phi) is 5.51. The summed E-state index contributed by atoms with van der Waals surface area (Å²) in [5.74, 6) is -1.29. The first kappa shape index (κ1) is 19.6. The van der Waals surface area contributed by atoms with Gasteiger partial charge in [-0.2, -0.15) is 0 Å². The van der Waals surface area contributed by atoms with Crippen LogP contribution in [0.1, 0.15) is 0 Å². The van der Waals surface area contributed by atoms with Crippen LogP contribution in [0.25, 0.3) is 11.1 Å². The van der Waals surface area contributed by atoms with E-state index < -0.39 is 21.7 Å². The van der Waals surface area contributed by atoms with E-state index in [1.807, 2.05) is 0 Å². The summed E-state index contributed by atoms with van der Waals surface area (Å²) in [6, 6.07) is 14.0. The summed E-state index contributed by atoms with van der Waals surface area (Å²) in [4.78, 5) is -0.159. The number of rotatable bonds is 6. The molecule has 0 saturated carbocycles. The average Bonchev–Trinajstić information content (AvgIpc) is 2.69. The Bertz CT molecular complexity index is 1100. The zero-order chi connectivity index (χ0) is 20.3. The Morgan fingerprint density at radius 3 is 2.18 bits per heavy atom. The largest absolute Gasteiger partial charge is 0.493 e. The van der Waals surface area contributed by atoms with Crippen molar-refractivity contribution in [3.63, 3.8) is 0 Å². The molecule has 0 atom stereocenters. The first-order valence-corrected chi connectivity index (χ1v) is 9.63. The van der Waals surface area contributed by atoms with Gasteiger partial charge in [0.15, 0.2) is 17.3 Å². The quantitative estimate of drug-likeness (QED) is 0.658. The van der Waals surface area contributed by atoms with Gasteiger partial charge in [-0.3, -0.25) is 4.72 Å². The molecule has 0 aliphatic rings. The topological polar surface area (TPSA) is 64.6 Å². The van der Waals surface area contributed by atoms with E-state index >= 15 is 0 Å². The van der Waals surface area contributed by atoms with Crippen LogP contribution in [0.3, 0.4) is 0 Å². The summed E-state index contributed by atoms with van der Waals surface area (Å²) in [7, 11) is -1.39. The Hall–Kier alpha value is -3.13. The Labute approximate surface area is 161 Å². The van der Waals surface area contributed by atoms with Crippen molar-refractivity contribution < 1.29 is 26.7 Å². The fourth-order valence-corrected chi connectivity index (χ4v) is 3.80. The van der Waals surface area contributed by atoms with Crippen molar-refractivity contribution in [3.05, 3.63) is 72.3 Å². The SMILES string of the molecule is COc1ccc(S(=O)(=O)Nc2c(F)cc(F)cc2-c2ccccc2)cc1OC. The predicted molar refractivity (Wildman–Crippen MR) is 102 cm³/mol. The second kappa shape index (κ2) is 7.85. The molecule has 1 N–H and O–H groups in total. The molecule has 0 aliphatic carbocycles. The number of hydrogen-bond donors (Lipinski definition) is 1. The van der Waals surface area contributed by atoms with Crippen LogP contribution in [-0.2, 0) is 10.0 Å². The second-order valence-corrected chi connectivity index (χ2v) is 7.48. The maximum absolute atomic E-state index is 14.5. The van der Waals surface area contributed by atoms with E-state index in [4.69, 9.17) is 9.47 Å². The molecule has 0 heterocycles. The number of ether oxygens (including phenoxy) is 2. The molecule has 0 saturated heterocycles. The van der Waals surface area contributed by atoms with E-state index in [1.54, 1.807) is 30.3 Å². The van der Waals surface area contributed by atoms with Gasteiger partial charge in [0.05, 0.1) is 24.8 Å². The standard InChI is InChI=1S/C20H17F2NO4S/c1-26-18-9-8-15(12-19(18)27-2)28(24,25)23-20-16(10-14(21)11-17(20)22)13-6-4-3-5-7-13/h3-12,23H,1-2H3. The van der Waals surface area contributed by atoms with Crippen molar-refractivity contribution in [1.29, 1.82) is 0 Å². The van der Waals surface area contributed by atoms with Crippen molar-refractivity contribution in [2.45, 2.75) is 4.90 Å². The third kappa shape index (κ3) is 3.91. The molecule has 3 aromatic carbocycles. The molecule has 0 unspecified atom stereocenters. The molecular weight excluding hydrogens is 388 g/mol. The van der Waals surface area contributed by atoms with Crippen LogP contribution in [0, 0.1) is 11.6 Å². The van der Waals surface area contributed by atoms with E-state index in [0.29, 0.717) is 17.4 Å². The zero-order valence-electron chi connectivity index (χ0n) is 15.1. The van der Waals surface area contributed by atoms with Gasteiger partial charge >= 0.3 is 0 Å². The summed E-state index contributed by atoms with van der Waals surface area (Å²) in [5.41, 5.74) is 0.204. The van der Waals surface area contributed by atoms with Gasteiger partial charge < -0.3 is 9.47 Å². The molecule has 3 aromatic rings. The highest BCUT2D eigenvalue weighted by atomic mass is 32.2. The van der Waals surface area contributed by atoms with E-state index in [-0.39, 0.29) is 21.9 Å². The van der Waals surface area contributed by atoms with Crippen molar-refractivity contribution >= 4 is 15.7 Å². The first-order chi connectivity index (χ1) is 13.4. The van der Waals surface area contributed by atoms with Crippen LogP contribution in [0.5, 0.6) is 11.5 Å². The molecule has 0 amide bonds. The third-order valence-corrected chi connectivity index (χ3v) is 5.39. The summed E-state index contributed by atoms with van der Waals surface area (Å²) in [6.45, 7) is 0. The lowest BCUT2D eigenvalue weighted by molar-refractivity contribution is 0.354. The highest BCUT2D eigenvalue weighted by molar-refractivity contribution is 7.92. The molecule has 8 heteroatoms. The van der Waals surface area contributed by atoms with E-state index in [2.05, 4.69) is 4.72 Å². The van der Waals surface area contributed by atoms with Gasteiger partial charge in [0.1, 0.15) is 5.82 Å². The van der Waals surface area contributed by atoms with Gasteiger partial charge in [0.2, 0.25) is 0 Å². The monoisotopic (exact) mass is 405 g/mol. The van der Waals surface area contributed by atoms with Crippen molar-refractivity contribution in [1.82, 2.24) is 0 Å². The van der Waals surface area contributed by atoms with Crippen molar-refractivity contribution in [2.75, 3.05) is 18.9 Å². The number of hydrogen-bond acceptors (Lipinski definition) is 4. The summed E-state index contributed by atoms with van der Waals surface area (Å²) >= 11 is 0. The van der Waals surface area contributed by atoms with Crippen LogP contribution < -0.4 is 14.2 Å². The van der Waals surface area contributed by atoms with Gasteiger partial charge in [0, 0.05) is 17.7 Å². The average molecular weight is 405 g/mol. The number of halogens is 2. The summed E-state index contributed by atoms with van der Waals surface area (Å²) in [6.07, 6.45) is 0. The van der Waals surface area contributed by atoms with E-state index in [1.165, 1.54) is 32.4 Å². The third-order valence-electron chi connectivity index (χ3n) is 4.04. The van der Waals surface area contributed by atoms with Crippen LogP contribution in [0.15, 0.2) is 65.6 Å². The first-order valence-electron chi connectivity index (χ1n) is 8.15. The number of anilines is 1. The molecule has 5 nitrogen and oxygen atoms in total. The number of benzene rings is 3. The maximum Gasteiger partial charge on any atom is 0.262 e. The second-order valence-electron chi connectivity index (χ2n) is 5.80. The molecule has 0 radical (unpaired) electrons. The highest BCUT2D eigenvalue weighted by Gasteiger charge is 2.22. The Morgan fingerprint density at radius 2 is 1.54 bits per heavy atom. The smallest absolute Gasteiger partial charge is 0.262 e. The fraction of sp³-hybridized carbons (Fsp3) is 0.100. The summed E-state index contributed by atoms with van der Waals surface area (Å²) < 4.78 is 66.3. The number of methoxy groups -OCH3 is 2. The van der Waals surface area contributed by atoms with Crippen molar-refractivity contribution in [2.24, 2.45) is 0 Å². The molecule has 0 aliphatic heterocycles. The van der Waals surface area contributed by atoms with Gasteiger partial charge in [-0.1, -0.05) is 30.3 Å². The van der Waals surface area contributed by atoms with Crippen LogP contribution in [0.4, 0.5) is 14.5 Å².